The van der Waals surface area contributed by atoms with Crippen LogP contribution < -0.4 is 13.7 Å². The van der Waals surface area contributed by atoms with Crippen molar-refractivity contribution in [3.8, 4) is 17.2 Å². The second-order valence-corrected chi connectivity index (χ2v) is 5.84. The summed E-state index contributed by atoms with van der Waals surface area (Å²) in [5, 5.41) is 0. The molecule has 0 amide bonds. The molecule has 0 saturated carbocycles. The molecule has 5 nitrogen and oxygen atoms in total. The molecule has 0 radical (unpaired) electrons. The van der Waals surface area contributed by atoms with Crippen LogP contribution in [-0.2, 0) is 10.1 Å². The van der Waals surface area contributed by atoms with Gasteiger partial charge in [0.2, 0.25) is 0 Å². The third-order valence-corrected chi connectivity index (χ3v) is 4.29. The first-order valence-electron chi connectivity index (χ1n) is 6.20. The molecule has 21 heavy (non-hydrogen) atoms. The summed E-state index contributed by atoms with van der Waals surface area (Å²) in [7, 11) is -0.999. The maximum Gasteiger partial charge on any atom is 0.339 e. The molecule has 2 rings (SSSR count). The smallest absolute Gasteiger partial charge is 0.339 e. The maximum absolute atomic E-state index is 12.4. The topological polar surface area (TPSA) is 61.8 Å². The molecule has 2 aromatic carbocycles. The van der Waals surface area contributed by atoms with E-state index in [1.54, 1.807) is 43.3 Å². The molecule has 0 aromatic heterocycles. The fourth-order valence-electron chi connectivity index (χ4n) is 1.88. The summed E-state index contributed by atoms with van der Waals surface area (Å²) < 4.78 is 40.1. The van der Waals surface area contributed by atoms with E-state index in [1.807, 2.05) is 0 Å². The van der Waals surface area contributed by atoms with Gasteiger partial charge in [-0.25, -0.2) is 0 Å². The van der Waals surface area contributed by atoms with Gasteiger partial charge in [0, 0.05) is 6.07 Å². The lowest BCUT2D eigenvalue weighted by molar-refractivity contribution is 0.353. The summed E-state index contributed by atoms with van der Waals surface area (Å²) in [6.45, 7) is 1.67. The molecular weight excluding hydrogens is 292 g/mol. The van der Waals surface area contributed by atoms with Crippen molar-refractivity contribution in [3.63, 3.8) is 0 Å². The number of benzene rings is 2. The molecular formula is C15H16O5S. The van der Waals surface area contributed by atoms with Crippen LogP contribution in [0.25, 0.3) is 0 Å². The number of aryl methyl sites for hydroxylation is 1. The molecule has 0 N–H and O–H groups in total. The average Bonchev–Trinajstić information content (AvgIpc) is 2.47. The zero-order valence-corrected chi connectivity index (χ0v) is 12.8. The second kappa shape index (κ2) is 6.05. The quantitative estimate of drug-likeness (QED) is 0.795. The van der Waals surface area contributed by atoms with Crippen molar-refractivity contribution in [1.29, 1.82) is 0 Å². The number of rotatable bonds is 5. The molecule has 0 atom stereocenters. The Morgan fingerprint density at radius 1 is 0.905 bits per heavy atom. The predicted molar refractivity (Wildman–Crippen MR) is 78.5 cm³/mol. The van der Waals surface area contributed by atoms with Gasteiger partial charge in [-0.2, -0.15) is 8.42 Å². The van der Waals surface area contributed by atoms with Gasteiger partial charge < -0.3 is 13.7 Å². The Kier molecular flexibility index (Phi) is 4.37. The average molecular weight is 308 g/mol. The Morgan fingerprint density at radius 2 is 1.48 bits per heavy atom. The highest BCUT2D eigenvalue weighted by atomic mass is 32.2. The fourth-order valence-corrected chi connectivity index (χ4v) is 3.04. The Hall–Kier alpha value is -2.21. The highest BCUT2D eigenvalue weighted by Gasteiger charge is 2.22. The molecule has 0 fully saturated rings. The van der Waals surface area contributed by atoms with Gasteiger partial charge in [0.25, 0.3) is 0 Å². The first kappa shape index (κ1) is 15.2. The van der Waals surface area contributed by atoms with Crippen LogP contribution >= 0.6 is 0 Å². The molecule has 0 aliphatic heterocycles. The van der Waals surface area contributed by atoms with Gasteiger partial charge in [0.1, 0.15) is 10.6 Å². The summed E-state index contributed by atoms with van der Waals surface area (Å²) in [6.07, 6.45) is 0. The summed E-state index contributed by atoms with van der Waals surface area (Å²) in [5.74, 6) is 1.05. The summed E-state index contributed by atoms with van der Waals surface area (Å²) in [4.78, 5) is 0.0454. The van der Waals surface area contributed by atoms with E-state index >= 15 is 0 Å². The molecule has 0 heterocycles. The number of para-hydroxylation sites is 1. The standard InChI is InChI=1S/C15H16O5S/c1-11-9-13(18-2)14(19-3)10-15(11)21(16,17)20-12-7-5-4-6-8-12/h4-10H,1-3H3. The molecule has 112 valence electrons. The van der Waals surface area contributed by atoms with Gasteiger partial charge >= 0.3 is 10.1 Å². The van der Waals surface area contributed by atoms with Gasteiger partial charge in [-0.05, 0) is 30.7 Å². The normalized spacial score (nSPS) is 11.0. The number of hydrogen-bond acceptors (Lipinski definition) is 5. The summed E-state index contributed by atoms with van der Waals surface area (Å²) >= 11 is 0. The first-order chi connectivity index (χ1) is 9.97. The third kappa shape index (κ3) is 3.28. The molecule has 0 bridgehead atoms. The Bertz CT molecular complexity index is 723. The van der Waals surface area contributed by atoms with Crippen LogP contribution in [-0.4, -0.2) is 22.6 Å². The van der Waals surface area contributed by atoms with E-state index in [-0.39, 0.29) is 10.6 Å². The Balaban J connectivity index is 2.45. The van der Waals surface area contributed by atoms with Gasteiger partial charge in [-0.1, -0.05) is 18.2 Å². The van der Waals surface area contributed by atoms with Gasteiger partial charge in [0.05, 0.1) is 14.2 Å². The minimum atomic E-state index is -3.94. The Morgan fingerprint density at radius 3 is 2.05 bits per heavy atom. The van der Waals surface area contributed by atoms with E-state index in [9.17, 15) is 8.42 Å². The van der Waals surface area contributed by atoms with Crippen molar-refractivity contribution in [3.05, 3.63) is 48.0 Å². The van der Waals surface area contributed by atoms with E-state index in [4.69, 9.17) is 13.7 Å². The van der Waals surface area contributed by atoms with Crippen molar-refractivity contribution in [2.24, 2.45) is 0 Å². The molecule has 0 unspecified atom stereocenters. The summed E-state index contributed by atoms with van der Waals surface area (Å²) in [5.41, 5.74) is 0.517. The Labute approximate surface area is 124 Å². The number of hydrogen-bond donors (Lipinski definition) is 0. The highest BCUT2D eigenvalue weighted by Crippen LogP contribution is 2.33. The predicted octanol–water partition coefficient (Wildman–Crippen LogP) is 2.78. The number of ether oxygens (including phenoxy) is 2. The van der Waals surface area contributed by atoms with Crippen LogP contribution in [0.5, 0.6) is 17.2 Å². The van der Waals surface area contributed by atoms with Crippen LogP contribution in [0.3, 0.4) is 0 Å². The van der Waals surface area contributed by atoms with E-state index in [1.165, 1.54) is 20.3 Å². The van der Waals surface area contributed by atoms with Crippen LogP contribution in [0.2, 0.25) is 0 Å². The lowest BCUT2D eigenvalue weighted by Crippen LogP contribution is -2.11. The van der Waals surface area contributed by atoms with E-state index in [0.29, 0.717) is 17.1 Å². The second-order valence-electron chi connectivity index (χ2n) is 4.32. The maximum atomic E-state index is 12.4. The molecule has 6 heteroatoms. The molecule has 2 aromatic rings. The SMILES string of the molecule is COc1cc(C)c(S(=O)(=O)Oc2ccccc2)cc1OC. The van der Waals surface area contributed by atoms with Crippen LogP contribution in [0.4, 0.5) is 0 Å². The van der Waals surface area contributed by atoms with Gasteiger partial charge in [-0.3, -0.25) is 0 Å². The largest absolute Gasteiger partial charge is 0.493 e. The van der Waals surface area contributed by atoms with Crippen molar-refractivity contribution in [1.82, 2.24) is 0 Å². The van der Waals surface area contributed by atoms with Crippen molar-refractivity contribution in [2.45, 2.75) is 11.8 Å². The molecule has 0 saturated heterocycles. The van der Waals surface area contributed by atoms with Crippen molar-refractivity contribution >= 4 is 10.1 Å². The first-order valence-corrected chi connectivity index (χ1v) is 7.61. The zero-order valence-electron chi connectivity index (χ0n) is 12.0. The van der Waals surface area contributed by atoms with Crippen molar-refractivity contribution in [2.75, 3.05) is 14.2 Å². The molecule has 0 spiro atoms. The van der Waals surface area contributed by atoms with Gasteiger partial charge in [0.15, 0.2) is 11.5 Å². The lowest BCUT2D eigenvalue weighted by Gasteiger charge is -2.13. The molecule has 0 aliphatic carbocycles. The van der Waals surface area contributed by atoms with Crippen LogP contribution in [0.15, 0.2) is 47.4 Å². The van der Waals surface area contributed by atoms with E-state index in [0.717, 1.165) is 0 Å². The van der Waals surface area contributed by atoms with Crippen molar-refractivity contribution < 1.29 is 22.1 Å². The lowest BCUT2D eigenvalue weighted by atomic mass is 10.2. The third-order valence-electron chi connectivity index (χ3n) is 2.90. The minimum Gasteiger partial charge on any atom is -0.493 e. The fraction of sp³-hybridized carbons (Fsp3) is 0.200. The number of methoxy groups -OCH3 is 2. The van der Waals surface area contributed by atoms with E-state index in [2.05, 4.69) is 0 Å². The zero-order chi connectivity index (χ0) is 15.5. The van der Waals surface area contributed by atoms with Crippen LogP contribution in [0, 0.1) is 6.92 Å². The monoisotopic (exact) mass is 308 g/mol. The summed E-state index contributed by atoms with van der Waals surface area (Å²) in [6, 6.07) is 11.3. The van der Waals surface area contributed by atoms with E-state index < -0.39 is 10.1 Å². The highest BCUT2D eigenvalue weighted by molar-refractivity contribution is 7.87. The van der Waals surface area contributed by atoms with Gasteiger partial charge in [-0.15, -0.1) is 0 Å². The van der Waals surface area contributed by atoms with Crippen LogP contribution in [0.1, 0.15) is 5.56 Å². The minimum absolute atomic E-state index is 0.0454. The molecule has 0 aliphatic rings.